The van der Waals surface area contributed by atoms with Gasteiger partial charge in [0.1, 0.15) is 0 Å². The Kier molecular flexibility index (Phi) is 11.7. The minimum atomic E-state index is 0. The van der Waals surface area contributed by atoms with Gasteiger partial charge in [0.25, 0.3) is 0 Å². The summed E-state index contributed by atoms with van der Waals surface area (Å²) in [6, 6.07) is 10.8. The fourth-order valence-corrected chi connectivity index (χ4v) is 1.88. The normalized spacial score (nSPS) is 10.8. The van der Waals surface area contributed by atoms with Crippen LogP contribution in [0.25, 0.3) is 10.8 Å². The molecule has 0 nitrogen and oxygen atoms in total. The van der Waals surface area contributed by atoms with Crippen LogP contribution in [-0.2, 0) is 26.2 Å². The summed E-state index contributed by atoms with van der Waals surface area (Å²) in [5.41, 5.74) is 2.75. The van der Waals surface area contributed by atoms with E-state index in [1.807, 2.05) is 12.2 Å². The van der Waals surface area contributed by atoms with Gasteiger partial charge in [0, 0.05) is 0 Å². The third-order valence-corrected chi connectivity index (χ3v) is 2.83. The molecule has 0 saturated carbocycles. The Bertz CT molecular complexity index is 529. The molecule has 2 aromatic carbocycles. The van der Waals surface area contributed by atoms with Crippen molar-refractivity contribution >= 4 is 35.6 Å². The molecule has 0 bridgehead atoms. The second-order valence-electron chi connectivity index (χ2n) is 4.06. The Hall–Kier alpha value is -0.227. The molecule has 100 valence electrons. The summed E-state index contributed by atoms with van der Waals surface area (Å²) in [4.78, 5) is 0. The summed E-state index contributed by atoms with van der Waals surface area (Å²) >= 11 is 0. The predicted molar refractivity (Wildman–Crippen MR) is 85.1 cm³/mol. The zero-order chi connectivity index (χ0) is 11.4. The molecule has 0 aromatic heterocycles. The van der Waals surface area contributed by atoms with E-state index in [0.717, 1.165) is 6.42 Å². The molecule has 2 aromatic rings. The molecule has 0 saturated heterocycles. The zero-order valence-corrected chi connectivity index (χ0v) is 15.2. The van der Waals surface area contributed by atoms with Crippen LogP contribution in [0.4, 0.5) is 0 Å². The van der Waals surface area contributed by atoms with E-state index in [9.17, 15) is 0 Å². The number of hydrogen-bond acceptors (Lipinski definition) is 0. The molecule has 0 atom stereocenters. The smallest absolute Gasteiger partial charge is 0.273 e. The van der Waals surface area contributed by atoms with Gasteiger partial charge in [-0.05, 0) is 6.92 Å². The number of fused-ring (bicyclic) bond motifs is 1. The topological polar surface area (TPSA) is 0 Å². The molecule has 1 aliphatic rings. The Balaban J connectivity index is 0. The predicted octanol–water partition coefficient (Wildman–Crippen LogP) is 5.32. The van der Waals surface area contributed by atoms with Crippen molar-refractivity contribution in [2.45, 2.75) is 20.3 Å². The first-order valence-corrected chi connectivity index (χ1v) is 5.62. The van der Waals surface area contributed by atoms with Crippen molar-refractivity contribution < 1.29 is 26.2 Å². The first-order valence-electron chi connectivity index (χ1n) is 5.62. The van der Waals surface area contributed by atoms with Gasteiger partial charge in [0.2, 0.25) is 0 Å². The fourth-order valence-electron chi connectivity index (χ4n) is 1.88. The van der Waals surface area contributed by atoms with Gasteiger partial charge in [0.15, 0.2) is 0 Å². The van der Waals surface area contributed by atoms with Crippen LogP contribution in [0.2, 0.25) is 0 Å². The molecule has 1 aliphatic carbocycles. The number of rotatable bonds is 0. The zero-order valence-electron chi connectivity index (χ0n) is 11.1. The minimum Gasteiger partial charge on any atom is -0.273 e. The third kappa shape index (κ3) is 5.73. The summed E-state index contributed by atoms with van der Waals surface area (Å²) < 4.78 is 0. The average Bonchev–Trinajstić information content (AvgIpc) is 2.93. The molecular formula is C16H18Cl2Zr. The summed E-state index contributed by atoms with van der Waals surface area (Å²) in [6.45, 7) is 4.31. The van der Waals surface area contributed by atoms with Crippen LogP contribution in [0, 0.1) is 19.9 Å². The van der Waals surface area contributed by atoms with Crippen molar-refractivity contribution in [1.82, 2.24) is 0 Å². The number of benzene rings is 1. The maximum Gasteiger partial charge on any atom is 2.00 e. The van der Waals surface area contributed by atoms with Crippen molar-refractivity contribution in [3.05, 3.63) is 65.8 Å². The van der Waals surface area contributed by atoms with Gasteiger partial charge in [-0.15, -0.1) is 59.7 Å². The van der Waals surface area contributed by atoms with Crippen LogP contribution in [0.15, 0.2) is 48.6 Å². The molecule has 0 N–H and O–H groups in total. The van der Waals surface area contributed by atoms with Crippen LogP contribution in [-0.4, -0.2) is 0 Å². The van der Waals surface area contributed by atoms with Crippen LogP contribution < -0.4 is 0 Å². The maximum atomic E-state index is 2.99. The molecule has 3 heteroatoms. The maximum absolute atomic E-state index is 2.99. The van der Waals surface area contributed by atoms with Gasteiger partial charge in [-0.3, -0.25) is 6.08 Å². The van der Waals surface area contributed by atoms with Gasteiger partial charge in [-0.1, -0.05) is 18.6 Å². The van der Waals surface area contributed by atoms with Gasteiger partial charge < -0.3 is 0 Å². The van der Waals surface area contributed by atoms with E-state index in [1.165, 1.54) is 21.9 Å². The van der Waals surface area contributed by atoms with Crippen molar-refractivity contribution in [3.63, 3.8) is 0 Å². The Labute approximate surface area is 147 Å². The largest absolute Gasteiger partial charge is 2.00 e. The van der Waals surface area contributed by atoms with Gasteiger partial charge in [-0.25, -0.2) is 12.2 Å². The van der Waals surface area contributed by atoms with Crippen molar-refractivity contribution in [2.24, 2.45) is 0 Å². The monoisotopic (exact) mass is 370 g/mol. The fraction of sp³-hybridized carbons (Fsp3) is 0.188. The molecule has 0 spiro atoms. The summed E-state index contributed by atoms with van der Waals surface area (Å²) in [5.74, 6) is 0. The molecule has 0 unspecified atom stereocenters. The second-order valence-corrected chi connectivity index (χ2v) is 4.06. The van der Waals surface area contributed by atoms with E-state index < -0.39 is 0 Å². The quantitative estimate of drug-likeness (QED) is 0.549. The number of hydrogen-bond donors (Lipinski definition) is 0. The molecular weight excluding hydrogens is 354 g/mol. The average molecular weight is 372 g/mol. The van der Waals surface area contributed by atoms with E-state index in [4.69, 9.17) is 0 Å². The van der Waals surface area contributed by atoms with Crippen molar-refractivity contribution in [3.8, 4) is 0 Å². The molecule has 0 aliphatic heterocycles. The number of aryl methyl sites for hydroxylation is 2. The van der Waals surface area contributed by atoms with E-state index >= 15 is 0 Å². The van der Waals surface area contributed by atoms with Crippen molar-refractivity contribution in [2.75, 3.05) is 0 Å². The molecule has 0 radical (unpaired) electrons. The Morgan fingerprint density at radius 2 is 1.89 bits per heavy atom. The molecule has 0 fully saturated rings. The first-order chi connectivity index (χ1) is 7.79. The third-order valence-electron chi connectivity index (χ3n) is 2.83. The van der Waals surface area contributed by atoms with Crippen LogP contribution in [0.1, 0.15) is 17.5 Å². The molecule has 3 rings (SSSR count). The molecule has 0 heterocycles. The summed E-state index contributed by atoms with van der Waals surface area (Å²) in [7, 11) is 0. The Morgan fingerprint density at radius 3 is 2.37 bits per heavy atom. The van der Waals surface area contributed by atoms with Gasteiger partial charge in [-0.2, -0.15) is 18.2 Å². The SMILES string of the molecule is Cc1cccc2c1cc[c-]2C.Cl.Cl.[C-]1=CC=CC1.[Zr+2]. The van der Waals surface area contributed by atoms with Gasteiger partial charge in [0.05, 0.1) is 0 Å². The summed E-state index contributed by atoms with van der Waals surface area (Å²) in [5, 5.41) is 2.79. The number of allylic oxidation sites excluding steroid dienone is 4. The second kappa shape index (κ2) is 10.5. The van der Waals surface area contributed by atoms with Crippen LogP contribution in [0.5, 0.6) is 0 Å². The van der Waals surface area contributed by atoms with E-state index in [0.29, 0.717) is 0 Å². The Morgan fingerprint density at radius 1 is 1.16 bits per heavy atom. The van der Waals surface area contributed by atoms with Crippen LogP contribution >= 0.6 is 24.8 Å². The molecule has 0 amide bonds. The molecule has 19 heavy (non-hydrogen) atoms. The first kappa shape index (κ1) is 21.1. The van der Waals surface area contributed by atoms with Gasteiger partial charge >= 0.3 is 26.2 Å². The minimum absolute atomic E-state index is 0. The van der Waals surface area contributed by atoms with Crippen LogP contribution in [0.3, 0.4) is 0 Å². The summed E-state index contributed by atoms with van der Waals surface area (Å²) in [6.07, 6.45) is 10.0. The van der Waals surface area contributed by atoms with Crippen molar-refractivity contribution in [1.29, 1.82) is 0 Å². The van der Waals surface area contributed by atoms with E-state index in [2.05, 4.69) is 56.3 Å². The van der Waals surface area contributed by atoms with E-state index in [-0.39, 0.29) is 51.0 Å². The number of halogens is 2. The van der Waals surface area contributed by atoms with E-state index in [1.54, 1.807) is 0 Å². The standard InChI is InChI=1S/C11H11.C5H5.2ClH.Zr/c1-8-4-3-5-10-9(2)6-7-11(8)10;1-2-4-5-3-1;;;/h3-7H,1-2H3;1-3H,4H2;2*1H;/q2*-1;;;+2.